The highest BCUT2D eigenvalue weighted by Gasteiger charge is 2.39. The van der Waals surface area contributed by atoms with Crippen LogP contribution in [0.1, 0.15) is 22.3 Å². The number of amides is 1. The molecule has 0 unspecified atom stereocenters. The van der Waals surface area contributed by atoms with Crippen LogP contribution in [0, 0.1) is 13.8 Å². The molecule has 4 rings (SSSR count). The third-order valence-electron chi connectivity index (χ3n) is 5.82. The van der Waals surface area contributed by atoms with Crippen LogP contribution in [-0.4, -0.2) is 34.5 Å². The van der Waals surface area contributed by atoms with Gasteiger partial charge in [0.05, 0.1) is 12.2 Å². The fraction of sp³-hybridized carbons (Fsp3) is 0.192. The first-order chi connectivity index (χ1) is 16.2. The number of anilines is 1. The second kappa shape index (κ2) is 9.52. The van der Waals surface area contributed by atoms with Gasteiger partial charge in [0.15, 0.2) is 4.91 Å². The minimum atomic E-state index is -4.11. The van der Waals surface area contributed by atoms with Gasteiger partial charge < -0.3 is 10.1 Å². The Labute approximate surface area is 204 Å². The molecule has 6 nitrogen and oxygen atoms in total. The van der Waals surface area contributed by atoms with Crippen LogP contribution >= 0.6 is 11.6 Å². The molecule has 0 aromatic heterocycles. The van der Waals surface area contributed by atoms with Gasteiger partial charge in [-0.05, 0) is 60.9 Å². The molecule has 1 N–H and O–H groups in total. The van der Waals surface area contributed by atoms with E-state index in [4.69, 9.17) is 16.3 Å². The Hall–Kier alpha value is -3.29. The van der Waals surface area contributed by atoms with Crippen LogP contribution in [0.5, 0.6) is 5.75 Å². The highest BCUT2D eigenvalue weighted by Crippen LogP contribution is 2.43. The molecular formula is C26H25ClN2O4S. The fourth-order valence-electron chi connectivity index (χ4n) is 3.84. The van der Waals surface area contributed by atoms with Crippen molar-refractivity contribution in [1.29, 1.82) is 0 Å². The van der Waals surface area contributed by atoms with Gasteiger partial charge in [0.2, 0.25) is 0 Å². The van der Waals surface area contributed by atoms with Crippen LogP contribution in [0.3, 0.4) is 0 Å². The highest BCUT2D eigenvalue weighted by atomic mass is 35.5. The number of fused-ring (bicyclic) bond motifs is 1. The number of nitrogens with zero attached hydrogens (tertiary/aromatic N) is 1. The summed E-state index contributed by atoms with van der Waals surface area (Å²) < 4.78 is 33.7. The average Bonchev–Trinajstić information content (AvgIpc) is 2.81. The first-order valence-corrected chi connectivity index (χ1v) is 12.6. The molecule has 8 heteroatoms. The van der Waals surface area contributed by atoms with Crippen LogP contribution in [0.2, 0.25) is 5.02 Å². The minimum absolute atomic E-state index is 0.138. The second-order valence-electron chi connectivity index (χ2n) is 8.05. The number of hydrogen-bond acceptors (Lipinski definition) is 4. The Balaban J connectivity index is 1.67. The van der Waals surface area contributed by atoms with Gasteiger partial charge in [-0.25, -0.2) is 8.42 Å². The number of ether oxygens (including phenoxy) is 1. The number of carbonyl (C=O) groups excluding carboxylic acids is 1. The average molecular weight is 497 g/mol. The number of halogens is 1. The lowest BCUT2D eigenvalue weighted by atomic mass is 9.95. The molecule has 0 fully saturated rings. The summed E-state index contributed by atoms with van der Waals surface area (Å²) in [6, 6.07) is 19.7. The summed E-state index contributed by atoms with van der Waals surface area (Å²) in [7, 11) is -2.68. The molecule has 0 saturated carbocycles. The van der Waals surface area contributed by atoms with Crippen molar-refractivity contribution in [3.05, 3.63) is 98.9 Å². The molecule has 176 valence electrons. The van der Waals surface area contributed by atoms with E-state index in [1.807, 2.05) is 38.1 Å². The largest absolute Gasteiger partial charge is 0.492 e. The van der Waals surface area contributed by atoms with Gasteiger partial charge >= 0.3 is 0 Å². The first kappa shape index (κ1) is 23.9. The lowest BCUT2D eigenvalue weighted by Gasteiger charge is -2.31. The predicted octanol–water partition coefficient (Wildman–Crippen LogP) is 4.69. The van der Waals surface area contributed by atoms with Crippen molar-refractivity contribution in [2.75, 3.05) is 24.5 Å². The second-order valence-corrected chi connectivity index (χ2v) is 10.4. The topological polar surface area (TPSA) is 75.7 Å². The Morgan fingerprint density at radius 1 is 1.00 bits per heavy atom. The van der Waals surface area contributed by atoms with Gasteiger partial charge in [0, 0.05) is 23.2 Å². The Bertz CT molecular complexity index is 1390. The molecule has 1 aliphatic heterocycles. The predicted molar refractivity (Wildman–Crippen MR) is 136 cm³/mol. The van der Waals surface area contributed by atoms with Crippen molar-refractivity contribution in [1.82, 2.24) is 5.32 Å². The summed E-state index contributed by atoms with van der Waals surface area (Å²) >= 11 is 6.25. The number of carbonyl (C=O) groups is 1. The maximum absolute atomic E-state index is 13.5. The fourth-order valence-corrected chi connectivity index (χ4v) is 5.50. The molecule has 34 heavy (non-hydrogen) atoms. The normalized spacial score (nSPS) is 14.5. The van der Waals surface area contributed by atoms with Gasteiger partial charge in [-0.1, -0.05) is 48.0 Å². The molecule has 0 radical (unpaired) electrons. The lowest BCUT2D eigenvalue weighted by molar-refractivity contribution is -0.116. The Morgan fingerprint density at radius 2 is 1.74 bits per heavy atom. The lowest BCUT2D eigenvalue weighted by Crippen LogP contribution is -2.40. The molecule has 0 atom stereocenters. The maximum Gasteiger partial charge on any atom is 0.270 e. The van der Waals surface area contributed by atoms with Gasteiger partial charge in [-0.15, -0.1) is 0 Å². The standard InChI is InChI=1S/C26H25ClN2O4S/c1-17-9-11-21(15-18(17)2)33-14-13-28-26(30)25-24(19-7-5-4-6-8-19)22-16-20(27)10-12-23(22)29(3)34(25,31)32/h4-12,15-16H,13-14H2,1-3H3,(H,28,30). The number of nitrogens with one attached hydrogen (secondary N) is 1. The van der Waals surface area contributed by atoms with Crippen LogP contribution in [0.15, 0.2) is 71.6 Å². The summed E-state index contributed by atoms with van der Waals surface area (Å²) in [5.41, 5.74) is 4.23. The number of sulfonamides is 1. The van der Waals surface area contributed by atoms with Crippen molar-refractivity contribution in [2.24, 2.45) is 0 Å². The van der Waals surface area contributed by atoms with Crippen LogP contribution in [0.4, 0.5) is 5.69 Å². The zero-order valence-corrected chi connectivity index (χ0v) is 20.7. The van der Waals surface area contributed by atoms with Gasteiger partial charge in [0.1, 0.15) is 12.4 Å². The van der Waals surface area contributed by atoms with Crippen molar-refractivity contribution >= 4 is 38.8 Å². The third kappa shape index (κ3) is 4.54. The van der Waals surface area contributed by atoms with Crippen LogP contribution < -0.4 is 14.4 Å². The molecule has 0 aliphatic carbocycles. The maximum atomic E-state index is 13.5. The van der Waals surface area contributed by atoms with E-state index < -0.39 is 15.9 Å². The molecule has 1 amide bonds. The molecule has 0 spiro atoms. The number of benzene rings is 3. The molecule has 1 aliphatic rings. The zero-order valence-electron chi connectivity index (χ0n) is 19.1. The number of aryl methyl sites for hydroxylation is 2. The van der Waals surface area contributed by atoms with Crippen molar-refractivity contribution in [3.8, 4) is 5.75 Å². The van der Waals surface area contributed by atoms with Crippen molar-refractivity contribution in [2.45, 2.75) is 13.8 Å². The Morgan fingerprint density at radius 3 is 2.44 bits per heavy atom. The first-order valence-electron chi connectivity index (χ1n) is 10.8. The van der Waals surface area contributed by atoms with Crippen molar-refractivity contribution < 1.29 is 17.9 Å². The summed E-state index contributed by atoms with van der Waals surface area (Å²) in [4.78, 5) is 13.0. The van der Waals surface area contributed by atoms with E-state index >= 15 is 0 Å². The van der Waals surface area contributed by atoms with Gasteiger partial charge in [0.25, 0.3) is 15.9 Å². The van der Waals surface area contributed by atoms with E-state index in [2.05, 4.69) is 5.32 Å². The van der Waals surface area contributed by atoms with Crippen LogP contribution in [-0.2, 0) is 14.8 Å². The monoisotopic (exact) mass is 496 g/mol. The van der Waals surface area contributed by atoms with E-state index in [1.165, 1.54) is 7.05 Å². The minimum Gasteiger partial charge on any atom is -0.492 e. The van der Waals surface area contributed by atoms with Crippen molar-refractivity contribution in [3.63, 3.8) is 0 Å². The smallest absolute Gasteiger partial charge is 0.270 e. The number of rotatable bonds is 6. The number of hydrogen-bond donors (Lipinski definition) is 1. The SMILES string of the molecule is Cc1ccc(OCCNC(=O)C2=C(c3ccccc3)c3cc(Cl)ccc3N(C)S2(=O)=O)cc1C. The van der Waals surface area contributed by atoms with E-state index in [0.717, 1.165) is 15.4 Å². The summed E-state index contributed by atoms with van der Waals surface area (Å²) in [6.07, 6.45) is 0. The molecule has 1 heterocycles. The zero-order chi connectivity index (χ0) is 24.5. The van der Waals surface area contributed by atoms with Gasteiger partial charge in [-0.3, -0.25) is 9.10 Å². The summed E-state index contributed by atoms with van der Waals surface area (Å²) in [5, 5.41) is 3.16. The quantitative estimate of drug-likeness (QED) is 0.502. The molecule has 3 aromatic rings. The van der Waals surface area contributed by atoms with E-state index in [1.54, 1.807) is 42.5 Å². The molecule has 0 bridgehead atoms. The van der Waals surface area contributed by atoms with E-state index in [-0.39, 0.29) is 18.1 Å². The van der Waals surface area contributed by atoms with E-state index in [9.17, 15) is 13.2 Å². The third-order valence-corrected chi connectivity index (χ3v) is 7.87. The highest BCUT2D eigenvalue weighted by molar-refractivity contribution is 7.97. The van der Waals surface area contributed by atoms with Crippen LogP contribution in [0.25, 0.3) is 5.57 Å². The molecule has 0 saturated heterocycles. The Kier molecular flexibility index (Phi) is 6.68. The molecular weight excluding hydrogens is 472 g/mol. The summed E-state index contributed by atoms with van der Waals surface area (Å²) in [5.74, 6) is -0.00450. The molecule has 3 aromatic carbocycles. The van der Waals surface area contributed by atoms with Gasteiger partial charge in [-0.2, -0.15) is 0 Å². The van der Waals surface area contributed by atoms with E-state index in [0.29, 0.717) is 33.2 Å². The summed E-state index contributed by atoms with van der Waals surface area (Å²) in [6.45, 7) is 4.35.